The van der Waals surface area contributed by atoms with Crippen molar-refractivity contribution in [2.75, 3.05) is 13.1 Å². The molecule has 5 rings (SSSR count). The molecular formula is C24H24F3N4O+. The van der Waals surface area contributed by atoms with Gasteiger partial charge in [0.15, 0.2) is 5.43 Å². The number of H-pyrrole nitrogens is 2. The van der Waals surface area contributed by atoms with Gasteiger partial charge in [-0.1, -0.05) is 19.1 Å². The van der Waals surface area contributed by atoms with Gasteiger partial charge in [0.1, 0.15) is 6.20 Å². The van der Waals surface area contributed by atoms with Crippen LogP contribution in [0.4, 0.5) is 13.2 Å². The number of piperidine rings is 1. The minimum atomic E-state index is -4.32. The van der Waals surface area contributed by atoms with Gasteiger partial charge in [-0.2, -0.15) is 13.2 Å². The number of halogens is 3. The quantitative estimate of drug-likeness (QED) is 0.513. The number of hydrogen-bond acceptors (Lipinski definition) is 2. The number of aromatic nitrogens is 3. The first kappa shape index (κ1) is 20.8. The van der Waals surface area contributed by atoms with Gasteiger partial charge in [0.25, 0.3) is 5.65 Å². The summed E-state index contributed by atoms with van der Waals surface area (Å²) in [4.78, 5) is 21.1. The van der Waals surface area contributed by atoms with Crippen LogP contribution in [0, 0.1) is 5.92 Å². The highest BCUT2D eigenvalue weighted by Crippen LogP contribution is 2.33. The molecule has 0 amide bonds. The predicted octanol–water partition coefficient (Wildman–Crippen LogP) is 4.40. The Balaban J connectivity index is 1.47. The van der Waals surface area contributed by atoms with Crippen molar-refractivity contribution in [1.82, 2.24) is 14.5 Å². The van der Waals surface area contributed by atoms with Crippen LogP contribution in [-0.2, 0) is 12.7 Å². The number of hydrogen-bond donors (Lipinski definition) is 1. The van der Waals surface area contributed by atoms with Crippen molar-refractivity contribution < 1.29 is 18.2 Å². The van der Waals surface area contributed by atoms with Crippen molar-refractivity contribution in [3.63, 3.8) is 0 Å². The summed E-state index contributed by atoms with van der Waals surface area (Å²) < 4.78 is 40.8. The summed E-state index contributed by atoms with van der Waals surface area (Å²) in [5.41, 5.74) is 1.97. The lowest BCUT2D eigenvalue weighted by atomic mass is 9.92. The first-order valence-electron chi connectivity index (χ1n) is 10.7. The molecule has 3 aromatic heterocycles. The minimum Gasteiger partial charge on any atom is -0.342 e. The Morgan fingerprint density at radius 3 is 2.66 bits per heavy atom. The monoisotopic (exact) mass is 441 g/mol. The van der Waals surface area contributed by atoms with E-state index >= 15 is 0 Å². The van der Waals surface area contributed by atoms with Crippen molar-refractivity contribution in [1.29, 1.82) is 0 Å². The van der Waals surface area contributed by atoms with Gasteiger partial charge in [-0.05, 0) is 42.6 Å². The number of aromatic amines is 2. The molecule has 1 aromatic carbocycles. The van der Waals surface area contributed by atoms with Crippen molar-refractivity contribution in [3.05, 3.63) is 76.3 Å². The average Bonchev–Trinajstić information content (AvgIpc) is 3.25. The van der Waals surface area contributed by atoms with E-state index in [1.165, 1.54) is 0 Å². The molecule has 0 saturated carbocycles. The third kappa shape index (κ3) is 3.68. The van der Waals surface area contributed by atoms with E-state index in [-0.39, 0.29) is 11.5 Å². The highest BCUT2D eigenvalue weighted by molar-refractivity contribution is 6.00. The minimum absolute atomic E-state index is 0.0272. The van der Waals surface area contributed by atoms with Gasteiger partial charge in [-0.25, -0.2) is 9.97 Å². The van der Waals surface area contributed by atoms with E-state index in [2.05, 4.69) is 26.4 Å². The summed E-state index contributed by atoms with van der Waals surface area (Å²) in [5, 5.41) is 1.61. The predicted molar refractivity (Wildman–Crippen MR) is 116 cm³/mol. The Morgan fingerprint density at radius 1 is 1.12 bits per heavy atom. The molecule has 1 aliphatic heterocycles. The second-order valence-corrected chi connectivity index (χ2v) is 8.67. The molecule has 8 heteroatoms. The molecule has 5 nitrogen and oxygen atoms in total. The van der Waals surface area contributed by atoms with E-state index in [1.54, 1.807) is 24.4 Å². The molecule has 0 aliphatic carbocycles. The molecule has 0 radical (unpaired) electrons. The standard InChI is InChI=1S/C24H23F3N4O/c1-15-7-10-30(13-16-2-4-17(5-3-16)24(25,26)27)14-20(15)31-11-8-21(32)19-12-29-23-18(22(19)31)6-9-28-23/h2-6,8-9,11-12,15,20H,7,10,13-14H2,1H3,(H,28,29)/p+1/t15-,20+/m1/s1. The largest absolute Gasteiger partial charge is 0.416 e. The fourth-order valence-electron chi connectivity index (χ4n) is 4.78. The van der Waals surface area contributed by atoms with Gasteiger partial charge in [-0.3, -0.25) is 9.69 Å². The molecule has 4 heterocycles. The number of benzene rings is 1. The molecule has 1 saturated heterocycles. The summed E-state index contributed by atoms with van der Waals surface area (Å²) >= 11 is 0. The molecule has 166 valence electrons. The maximum absolute atomic E-state index is 12.9. The topological polar surface area (TPSA) is 55.2 Å². The van der Waals surface area contributed by atoms with Crippen LogP contribution in [0.25, 0.3) is 21.9 Å². The highest BCUT2D eigenvalue weighted by Gasteiger charge is 2.31. The maximum atomic E-state index is 12.9. The number of nitrogens with one attached hydrogen (secondary N) is 2. The summed E-state index contributed by atoms with van der Waals surface area (Å²) in [6.07, 6.45) is 2.12. The zero-order chi connectivity index (χ0) is 22.5. The van der Waals surface area contributed by atoms with Gasteiger partial charge < -0.3 is 4.57 Å². The van der Waals surface area contributed by atoms with E-state index < -0.39 is 11.7 Å². The second kappa shape index (κ2) is 7.78. The fraction of sp³-hybridized carbons (Fsp3) is 0.333. The van der Waals surface area contributed by atoms with Crippen LogP contribution in [0.5, 0.6) is 0 Å². The van der Waals surface area contributed by atoms with E-state index in [0.717, 1.165) is 53.8 Å². The van der Waals surface area contributed by atoms with Crippen molar-refractivity contribution in [3.8, 4) is 0 Å². The summed E-state index contributed by atoms with van der Waals surface area (Å²) in [7, 11) is 0. The third-order valence-electron chi connectivity index (χ3n) is 6.58. The SMILES string of the molecule is C[C@@H]1CCN(Cc2ccc(C(F)(F)F)cc2)C[C@@H]1n1ccc(=O)c2c[nH+]c3[nH]ccc3c21. The van der Waals surface area contributed by atoms with Crippen LogP contribution < -0.4 is 10.4 Å². The molecule has 32 heavy (non-hydrogen) atoms. The number of fused-ring (bicyclic) bond motifs is 3. The van der Waals surface area contributed by atoms with Crippen LogP contribution in [0.1, 0.15) is 30.5 Å². The van der Waals surface area contributed by atoms with Gasteiger partial charge in [-0.15, -0.1) is 0 Å². The normalized spacial score (nSPS) is 20.2. The number of likely N-dealkylation sites (tertiary alicyclic amines) is 1. The van der Waals surface area contributed by atoms with Crippen molar-refractivity contribution in [2.45, 2.75) is 32.1 Å². The number of nitrogens with zero attached hydrogens (tertiary/aromatic N) is 2. The zero-order valence-electron chi connectivity index (χ0n) is 17.6. The molecule has 2 atom stereocenters. The van der Waals surface area contributed by atoms with Gasteiger partial charge in [0.2, 0.25) is 0 Å². The lowest BCUT2D eigenvalue weighted by Gasteiger charge is -2.39. The van der Waals surface area contributed by atoms with E-state index in [1.807, 2.05) is 18.5 Å². The van der Waals surface area contributed by atoms with Gasteiger partial charge in [0, 0.05) is 31.4 Å². The first-order chi connectivity index (χ1) is 15.3. The van der Waals surface area contributed by atoms with E-state index in [4.69, 9.17) is 0 Å². The Labute approximate surface area is 182 Å². The number of alkyl halides is 3. The van der Waals surface area contributed by atoms with Gasteiger partial charge >= 0.3 is 6.18 Å². The lowest BCUT2D eigenvalue weighted by molar-refractivity contribution is -0.345. The van der Waals surface area contributed by atoms with Crippen LogP contribution >= 0.6 is 0 Å². The van der Waals surface area contributed by atoms with E-state index in [9.17, 15) is 18.0 Å². The molecule has 4 aromatic rings. The van der Waals surface area contributed by atoms with Crippen LogP contribution in [0.15, 0.2) is 59.8 Å². The average molecular weight is 441 g/mol. The molecule has 2 N–H and O–H groups in total. The van der Waals surface area contributed by atoms with Crippen molar-refractivity contribution in [2.24, 2.45) is 5.92 Å². The Hall–Kier alpha value is -3.13. The Morgan fingerprint density at radius 2 is 1.91 bits per heavy atom. The molecule has 0 unspecified atom stereocenters. The fourth-order valence-corrected chi connectivity index (χ4v) is 4.78. The molecule has 0 bridgehead atoms. The van der Waals surface area contributed by atoms with Crippen LogP contribution in [-0.4, -0.2) is 27.5 Å². The number of pyridine rings is 2. The van der Waals surface area contributed by atoms with Crippen LogP contribution in [0.3, 0.4) is 0 Å². The summed E-state index contributed by atoms with van der Waals surface area (Å²) in [5.74, 6) is 0.391. The smallest absolute Gasteiger partial charge is 0.342 e. The lowest BCUT2D eigenvalue weighted by Crippen LogP contribution is -2.40. The van der Waals surface area contributed by atoms with E-state index in [0.29, 0.717) is 17.8 Å². The first-order valence-corrected chi connectivity index (χ1v) is 10.7. The summed E-state index contributed by atoms with van der Waals surface area (Å²) in [6.45, 7) is 4.44. The van der Waals surface area contributed by atoms with Crippen molar-refractivity contribution >= 4 is 21.9 Å². The Bertz CT molecular complexity index is 1320. The number of rotatable bonds is 3. The summed E-state index contributed by atoms with van der Waals surface area (Å²) in [6, 6.07) is 9.13. The maximum Gasteiger partial charge on any atom is 0.416 e. The zero-order valence-corrected chi connectivity index (χ0v) is 17.6. The second-order valence-electron chi connectivity index (χ2n) is 8.67. The van der Waals surface area contributed by atoms with Crippen LogP contribution in [0.2, 0.25) is 0 Å². The Kier molecular flexibility index (Phi) is 5.04. The molecule has 1 aliphatic rings. The molecule has 0 spiro atoms. The van der Waals surface area contributed by atoms with Gasteiger partial charge in [0.05, 0.1) is 28.0 Å². The molecule has 1 fully saturated rings. The molecular weight excluding hydrogens is 417 g/mol. The third-order valence-corrected chi connectivity index (χ3v) is 6.58. The highest BCUT2D eigenvalue weighted by atomic mass is 19.4.